The largest absolute Gasteiger partial charge is 0.497 e. The molecule has 1 aliphatic heterocycles. The van der Waals surface area contributed by atoms with Crippen LogP contribution in [-0.2, 0) is 0 Å². The topological polar surface area (TPSA) is 41.7 Å². The van der Waals surface area contributed by atoms with Crippen molar-refractivity contribution >= 4 is 11.4 Å². The molecule has 0 atom stereocenters. The van der Waals surface area contributed by atoms with E-state index in [0.29, 0.717) is 0 Å². The lowest BCUT2D eigenvalue weighted by molar-refractivity contribution is 0.248. The number of hydrogen-bond acceptors (Lipinski definition) is 4. The number of rotatable bonds is 4. The minimum atomic E-state index is 0.773. The number of piperazine rings is 1. The highest BCUT2D eigenvalue weighted by molar-refractivity contribution is 5.60. The number of ether oxygens (including phenoxy) is 1. The first-order valence-electron chi connectivity index (χ1n) is 7.16. The third-order valence-electron chi connectivity index (χ3n) is 4.10. The van der Waals surface area contributed by atoms with Crippen molar-refractivity contribution in [3.05, 3.63) is 18.2 Å². The second-order valence-corrected chi connectivity index (χ2v) is 5.70. The number of nitrogens with zero attached hydrogens (tertiary/aromatic N) is 2. The van der Waals surface area contributed by atoms with E-state index in [1.54, 1.807) is 7.11 Å². The summed E-state index contributed by atoms with van der Waals surface area (Å²) < 4.78 is 5.29. The molecule has 1 aliphatic carbocycles. The molecule has 2 fully saturated rings. The van der Waals surface area contributed by atoms with Crippen molar-refractivity contribution in [3.8, 4) is 5.75 Å². The van der Waals surface area contributed by atoms with Gasteiger partial charge < -0.3 is 15.4 Å². The molecule has 104 valence electrons. The quantitative estimate of drug-likeness (QED) is 0.839. The lowest BCUT2D eigenvalue weighted by Crippen LogP contribution is -2.47. The van der Waals surface area contributed by atoms with Crippen LogP contribution >= 0.6 is 0 Å². The van der Waals surface area contributed by atoms with Crippen LogP contribution in [0.1, 0.15) is 12.8 Å². The van der Waals surface area contributed by atoms with Gasteiger partial charge in [-0.05, 0) is 24.8 Å². The Labute approximate surface area is 115 Å². The summed E-state index contributed by atoms with van der Waals surface area (Å²) in [4.78, 5) is 5.00. The highest BCUT2D eigenvalue weighted by Crippen LogP contribution is 2.31. The first kappa shape index (κ1) is 12.6. The van der Waals surface area contributed by atoms with Crippen LogP contribution in [0.15, 0.2) is 18.2 Å². The van der Waals surface area contributed by atoms with Gasteiger partial charge in [-0.3, -0.25) is 4.90 Å². The van der Waals surface area contributed by atoms with Crippen LogP contribution in [0.2, 0.25) is 0 Å². The summed E-state index contributed by atoms with van der Waals surface area (Å²) in [6.45, 7) is 5.79. The number of nitrogens with two attached hydrogens (primary N) is 1. The standard InChI is InChI=1S/C15H23N3O/c1-19-15-9-13(16)8-14(10-15)18-6-4-17(5-7-18)11-12-2-3-12/h8-10,12H,2-7,11,16H2,1H3. The second-order valence-electron chi connectivity index (χ2n) is 5.70. The molecular weight excluding hydrogens is 238 g/mol. The lowest BCUT2D eigenvalue weighted by atomic mass is 10.2. The Kier molecular flexibility index (Phi) is 3.51. The summed E-state index contributed by atoms with van der Waals surface area (Å²) in [5, 5.41) is 0. The Bertz CT molecular complexity index is 437. The molecule has 0 bridgehead atoms. The van der Waals surface area contributed by atoms with Gasteiger partial charge in [0.15, 0.2) is 0 Å². The van der Waals surface area contributed by atoms with Crippen LogP contribution in [0, 0.1) is 5.92 Å². The molecule has 4 heteroatoms. The van der Waals surface area contributed by atoms with Gasteiger partial charge >= 0.3 is 0 Å². The molecule has 0 radical (unpaired) electrons. The van der Waals surface area contributed by atoms with Gasteiger partial charge in [-0.1, -0.05) is 0 Å². The molecule has 0 unspecified atom stereocenters. The first-order chi connectivity index (χ1) is 9.24. The molecular formula is C15H23N3O. The molecule has 1 saturated heterocycles. The third-order valence-corrected chi connectivity index (χ3v) is 4.10. The molecule has 2 N–H and O–H groups in total. The molecule has 1 heterocycles. The Hall–Kier alpha value is -1.42. The normalized spacial score (nSPS) is 20.6. The maximum absolute atomic E-state index is 5.93. The van der Waals surface area contributed by atoms with Gasteiger partial charge in [-0.15, -0.1) is 0 Å². The lowest BCUT2D eigenvalue weighted by Gasteiger charge is -2.36. The highest BCUT2D eigenvalue weighted by atomic mass is 16.5. The predicted octanol–water partition coefficient (Wildman–Crippen LogP) is 1.81. The van der Waals surface area contributed by atoms with Gasteiger partial charge in [0.1, 0.15) is 5.75 Å². The smallest absolute Gasteiger partial charge is 0.122 e. The molecule has 0 amide bonds. The van der Waals surface area contributed by atoms with E-state index in [0.717, 1.165) is 43.5 Å². The number of anilines is 2. The fourth-order valence-corrected chi connectivity index (χ4v) is 2.76. The number of hydrogen-bond donors (Lipinski definition) is 1. The van der Waals surface area contributed by atoms with Crippen molar-refractivity contribution in [2.75, 3.05) is 50.5 Å². The van der Waals surface area contributed by atoms with Crippen molar-refractivity contribution in [1.29, 1.82) is 0 Å². The van der Waals surface area contributed by atoms with Crippen LogP contribution in [0.4, 0.5) is 11.4 Å². The molecule has 4 nitrogen and oxygen atoms in total. The zero-order valence-electron chi connectivity index (χ0n) is 11.6. The summed E-state index contributed by atoms with van der Waals surface area (Å²) in [6, 6.07) is 5.98. The molecule has 0 aromatic heterocycles. The van der Waals surface area contributed by atoms with E-state index in [-0.39, 0.29) is 0 Å². The average molecular weight is 261 g/mol. The predicted molar refractivity (Wildman–Crippen MR) is 78.8 cm³/mol. The van der Waals surface area contributed by atoms with Gasteiger partial charge in [-0.2, -0.15) is 0 Å². The van der Waals surface area contributed by atoms with Crippen LogP contribution in [0.3, 0.4) is 0 Å². The van der Waals surface area contributed by atoms with Gasteiger partial charge in [0.05, 0.1) is 7.11 Å². The van der Waals surface area contributed by atoms with Crippen LogP contribution in [-0.4, -0.2) is 44.7 Å². The highest BCUT2D eigenvalue weighted by Gasteiger charge is 2.26. The van der Waals surface area contributed by atoms with Crippen LogP contribution in [0.5, 0.6) is 5.75 Å². The maximum Gasteiger partial charge on any atom is 0.122 e. The molecule has 0 spiro atoms. The van der Waals surface area contributed by atoms with Crippen molar-refractivity contribution in [1.82, 2.24) is 4.90 Å². The number of methoxy groups -OCH3 is 1. The zero-order valence-corrected chi connectivity index (χ0v) is 11.6. The van der Waals surface area contributed by atoms with Gasteiger partial charge in [0.2, 0.25) is 0 Å². The molecule has 3 rings (SSSR count). The summed E-state index contributed by atoms with van der Waals surface area (Å²) in [5.74, 6) is 1.83. The van der Waals surface area contributed by atoms with Crippen molar-refractivity contribution in [2.24, 2.45) is 5.92 Å². The average Bonchev–Trinajstić information content (AvgIpc) is 3.23. The minimum absolute atomic E-state index is 0.773. The second kappa shape index (κ2) is 5.29. The van der Waals surface area contributed by atoms with Gasteiger partial charge in [-0.25, -0.2) is 0 Å². The SMILES string of the molecule is COc1cc(N)cc(N2CCN(CC3CC3)CC2)c1. The summed E-state index contributed by atoms with van der Waals surface area (Å²) in [5.41, 5.74) is 7.88. The fraction of sp³-hybridized carbons (Fsp3) is 0.600. The van der Waals surface area contributed by atoms with Gasteiger partial charge in [0, 0.05) is 56.2 Å². The first-order valence-corrected chi connectivity index (χ1v) is 7.16. The van der Waals surface area contributed by atoms with E-state index >= 15 is 0 Å². The van der Waals surface area contributed by atoms with Crippen molar-refractivity contribution in [2.45, 2.75) is 12.8 Å². The maximum atomic E-state index is 5.93. The van der Waals surface area contributed by atoms with E-state index in [9.17, 15) is 0 Å². The molecule has 19 heavy (non-hydrogen) atoms. The van der Waals surface area contributed by atoms with Crippen molar-refractivity contribution < 1.29 is 4.74 Å². The number of nitrogen functional groups attached to an aromatic ring is 1. The Morgan fingerprint density at radius 2 is 1.89 bits per heavy atom. The van der Waals surface area contributed by atoms with E-state index in [4.69, 9.17) is 10.5 Å². The van der Waals surface area contributed by atoms with E-state index in [1.165, 1.54) is 25.1 Å². The monoisotopic (exact) mass is 261 g/mol. The third kappa shape index (κ3) is 3.13. The minimum Gasteiger partial charge on any atom is -0.497 e. The van der Waals surface area contributed by atoms with Crippen molar-refractivity contribution in [3.63, 3.8) is 0 Å². The molecule has 1 saturated carbocycles. The molecule has 1 aromatic rings. The summed E-state index contributed by atoms with van der Waals surface area (Å²) in [6.07, 6.45) is 2.87. The van der Waals surface area contributed by atoms with E-state index in [2.05, 4.69) is 15.9 Å². The van der Waals surface area contributed by atoms with Crippen LogP contribution in [0.25, 0.3) is 0 Å². The van der Waals surface area contributed by atoms with Crippen LogP contribution < -0.4 is 15.4 Å². The number of benzene rings is 1. The van der Waals surface area contributed by atoms with E-state index < -0.39 is 0 Å². The summed E-state index contributed by atoms with van der Waals surface area (Å²) in [7, 11) is 1.69. The Morgan fingerprint density at radius 3 is 2.53 bits per heavy atom. The Morgan fingerprint density at radius 1 is 1.16 bits per heavy atom. The summed E-state index contributed by atoms with van der Waals surface area (Å²) >= 11 is 0. The zero-order chi connectivity index (χ0) is 13.2. The Balaban J connectivity index is 1.62. The van der Waals surface area contributed by atoms with Gasteiger partial charge in [0.25, 0.3) is 0 Å². The molecule has 2 aliphatic rings. The fourth-order valence-electron chi connectivity index (χ4n) is 2.76. The molecule has 1 aromatic carbocycles. The van der Waals surface area contributed by atoms with E-state index in [1.807, 2.05) is 12.1 Å².